The van der Waals surface area contributed by atoms with E-state index < -0.39 is 6.09 Å². The van der Waals surface area contributed by atoms with Gasteiger partial charge in [0.05, 0.1) is 5.69 Å². The van der Waals surface area contributed by atoms with Gasteiger partial charge in [-0.2, -0.15) is 0 Å². The number of benzene rings is 1. The molecular formula is C19H23N7O2. The molecule has 1 saturated carbocycles. The van der Waals surface area contributed by atoms with Gasteiger partial charge in [0.15, 0.2) is 5.65 Å². The molecule has 1 fully saturated rings. The Bertz CT molecular complexity index is 962. The third-order valence-corrected chi connectivity index (χ3v) is 4.96. The molecule has 0 bridgehead atoms. The van der Waals surface area contributed by atoms with E-state index in [9.17, 15) is 4.79 Å². The van der Waals surface area contributed by atoms with Crippen LogP contribution in [0.1, 0.15) is 25.7 Å². The van der Waals surface area contributed by atoms with E-state index in [2.05, 4.69) is 26.0 Å². The third kappa shape index (κ3) is 4.08. The molecule has 0 atom stereocenters. The van der Waals surface area contributed by atoms with Gasteiger partial charge >= 0.3 is 6.09 Å². The van der Waals surface area contributed by atoms with Gasteiger partial charge in [0, 0.05) is 41.9 Å². The van der Waals surface area contributed by atoms with Gasteiger partial charge in [-0.1, -0.05) is 0 Å². The highest BCUT2D eigenvalue weighted by molar-refractivity contribution is 5.76. The number of fused-ring (bicyclic) bond motifs is 1. The zero-order chi connectivity index (χ0) is 19.5. The van der Waals surface area contributed by atoms with Crippen molar-refractivity contribution in [1.29, 1.82) is 0 Å². The number of anilines is 4. The molecule has 0 unspecified atom stereocenters. The number of aromatic nitrogens is 3. The van der Waals surface area contributed by atoms with Crippen molar-refractivity contribution >= 4 is 34.6 Å². The quantitative estimate of drug-likeness (QED) is 0.429. The van der Waals surface area contributed by atoms with Crippen molar-refractivity contribution in [3.63, 3.8) is 0 Å². The number of carbonyl (C=O) groups is 1. The lowest BCUT2D eigenvalue weighted by molar-refractivity contribution is 0.185. The highest BCUT2D eigenvalue weighted by Crippen LogP contribution is 2.26. The van der Waals surface area contributed by atoms with E-state index in [-0.39, 0.29) is 12.1 Å². The van der Waals surface area contributed by atoms with Gasteiger partial charge in [0.1, 0.15) is 5.82 Å². The molecular weight excluding hydrogens is 358 g/mol. The minimum atomic E-state index is -0.956. The molecule has 0 radical (unpaired) electrons. The predicted octanol–water partition coefficient (Wildman–Crippen LogP) is 3.05. The summed E-state index contributed by atoms with van der Waals surface area (Å²) in [5, 5.41) is 22.9. The number of imidazole rings is 1. The number of nitrogen functional groups attached to an aromatic ring is 1. The minimum Gasteiger partial charge on any atom is -0.465 e. The van der Waals surface area contributed by atoms with Crippen molar-refractivity contribution < 1.29 is 9.90 Å². The lowest BCUT2D eigenvalue weighted by Gasteiger charge is -2.29. The van der Waals surface area contributed by atoms with Crippen LogP contribution in [0.2, 0.25) is 0 Å². The van der Waals surface area contributed by atoms with Crippen LogP contribution in [0, 0.1) is 0 Å². The van der Waals surface area contributed by atoms with Gasteiger partial charge < -0.3 is 26.8 Å². The zero-order valence-electron chi connectivity index (χ0n) is 15.3. The fourth-order valence-corrected chi connectivity index (χ4v) is 3.57. The van der Waals surface area contributed by atoms with E-state index in [1.807, 2.05) is 36.5 Å². The van der Waals surface area contributed by atoms with Crippen LogP contribution in [-0.2, 0) is 0 Å². The van der Waals surface area contributed by atoms with Gasteiger partial charge in [-0.3, -0.25) is 0 Å². The molecule has 146 valence electrons. The molecule has 4 rings (SSSR count). The predicted molar refractivity (Wildman–Crippen MR) is 108 cm³/mol. The van der Waals surface area contributed by atoms with Crippen LogP contribution in [0.3, 0.4) is 0 Å². The van der Waals surface area contributed by atoms with Gasteiger partial charge in [-0.05, 0) is 49.9 Å². The van der Waals surface area contributed by atoms with Crippen LogP contribution < -0.4 is 21.7 Å². The number of carboxylic acid groups (broad SMARTS) is 1. The van der Waals surface area contributed by atoms with Crippen molar-refractivity contribution in [3.05, 3.63) is 42.7 Å². The summed E-state index contributed by atoms with van der Waals surface area (Å²) in [5.74, 6) is 0.748. The summed E-state index contributed by atoms with van der Waals surface area (Å²) in [4.78, 5) is 15.2. The normalized spacial score (nSPS) is 19.3. The van der Waals surface area contributed by atoms with Gasteiger partial charge in [-0.15, -0.1) is 5.10 Å². The molecule has 0 saturated heterocycles. The number of nitrogens with zero attached hydrogens (tertiary/aromatic N) is 3. The minimum absolute atomic E-state index is 0.0300. The molecule has 6 N–H and O–H groups in total. The largest absolute Gasteiger partial charge is 0.465 e. The molecule has 0 spiro atoms. The first-order chi connectivity index (χ1) is 13.6. The second kappa shape index (κ2) is 7.63. The number of hydrogen-bond donors (Lipinski definition) is 5. The summed E-state index contributed by atoms with van der Waals surface area (Å²) in [6.45, 7) is 0. The highest BCUT2D eigenvalue weighted by Gasteiger charge is 2.22. The van der Waals surface area contributed by atoms with Crippen LogP contribution in [-0.4, -0.2) is 37.9 Å². The van der Waals surface area contributed by atoms with Crippen LogP contribution in [0.15, 0.2) is 42.7 Å². The van der Waals surface area contributed by atoms with Crippen molar-refractivity contribution in [2.75, 3.05) is 16.4 Å². The lowest BCUT2D eigenvalue weighted by Crippen LogP contribution is -2.39. The van der Waals surface area contributed by atoms with E-state index >= 15 is 0 Å². The first-order valence-electron chi connectivity index (χ1n) is 9.30. The Morgan fingerprint density at radius 1 is 1.14 bits per heavy atom. The Kier molecular flexibility index (Phi) is 4.88. The summed E-state index contributed by atoms with van der Waals surface area (Å²) in [6.07, 6.45) is 5.96. The lowest BCUT2D eigenvalue weighted by atomic mass is 9.91. The fraction of sp³-hybridized carbons (Fsp3) is 0.316. The second-order valence-electron chi connectivity index (χ2n) is 7.03. The third-order valence-electron chi connectivity index (χ3n) is 4.96. The topological polar surface area (TPSA) is 130 Å². The van der Waals surface area contributed by atoms with Gasteiger partial charge in [-0.25, -0.2) is 14.3 Å². The van der Waals surface area contributed by atoms with Crippen LogP contribution in [0.4, 0.5) is 27.7 Å². The van der Waals surface area contributed by atoms with Crippen LogP contribution in [0.25, 0.3) is 5.65 Å². The molecule has 9 nitrogen and oxygen atoms in total. The first kappa shape index (κ1) is 17.9. The highest BCUT2D eigenvalue weighted by atomic mass is 16.4. The van der Waals surface area contributed by atoms with Crippen molar-refractivity contribution in [2.24, 2.45) is 0 Å². The Morgan fingerprint density at radius 2 is 1.86 bits per heavy atom. The Labute approximate surface area is 162 Å². The van der Waals surface area contributed by atoms with Gasteiger partial charge in [0.2, 0.25) is 0 Å². The number of rotatable bonds is 5. The first-order valence-corrected chi connectivity index (χ1v) is 9.30. The van der Waals surface area contributed by atoms with E-state index in [1.54, 1.807) is 10.7 Å². The zero-order valence-corrected chi connectivity index (χ0v) is 15.3. The van der Waals surface area contributed by atoms with E-state index in [0.717, 1.165) is 48.5 Å². The maximum atomic E-state index is 10.8. The molecule has 1 amide bonds. The molecule has 2 aromatic heterocycles. The summed E-state index contributed by atoms with van der Waals surface area (Å²) >= 11 is 0. The Hall–Kier alpha value is -3.49. The molecule has 3 aromatic rings. The Balaban J connectivity index is 1.49. The number of amides is 1. The second-order valence-corrected chi connectivity index (χ2v) is 7.03. The molecule has 1 aliphatic carbocycles. The average molecular weight is 381 g/mol. The standard InChI is InChI=1S/C19H23N7O2/c20-12-1-3-13(4-2-12)22-16-11-17(25-26-10-9-21-18(16)26)23-14-5-7-15(8-6-14)24-19(27)28/h1-4,9-11,14-15,22,24H,5-8,20H2,(H,23,25)(H,27,28). The molecule has 9 heteroatoms. The van der Waals surface area contributed by atoms with Crippen LogP contribution >= 0.6 is 0 Å². The molecule has 2 heterocycles. The van der Waals surface area contributed by atoms with Crippen LogP contribution in [0.5, 0.6) is 0 Å². The number of nitrogens with one attached hydrogen (secondary N) is 3. The van der Waals surface area contributed by atoms with E-state index in [1.165, 1.54) is 0 Å². The molecule has 1 aliphatic rings. The maximum absolute atomic E-state index is 10.8. The average Bonchev–Trinajstić information content (AvgIpc) is 3.14. The molecule has 28 heavy (non-hydrogen) atoms. The monoisotopic (exact) mass is 381 g/mol. The fourth-order valence-electron chi connectivity index (χ4n) is 3.57. The number of hydrogen-bond acceptors (Lipinski definition) is 6. The van der Waals surface area contributed by atoms with Crippen molar-refractivity contribution in [2.45, 2.75) is 37.8 Å². The molecule has 1 aromatic carbocycles. The summed E-state index contributed by atoms with van der Waals surface area (Å²) in [7, 11) is 0. The van der Waals surface area contributed by atoms with E-state index in [4.69, 9.17) is 10.8 Å². The van der Waals surface area contributed by atoms with Gasteiger partial charge in [0.25, 0.3) is 0 Å². The SMILES string of the molecule is Nc1ccc(Nc2cc(NC3CCC(NC(=O)O)CC3)nn3ccnc23)cc1. The smallest absolute Gasteiger partial charge is 0.404 e. The van der Waals surface area contributed by atoms with E-state index in [0.29, 0.717) is 5.69 Å². The molecule has 0 aliphatic heterocycles. The Morgan fingerprint density at radius 3 is 2.57 bits per heavy atom. The summed E-state index contributed by atoms with van der Waals surface area (Å²) in [6, 6.07) is 9.75. The van der Waals surface area contributed by atoms with Crippen molar-refractivity contribution in [3.8, 4) is 0 Å². The maximum Gasteiger partial charge on any atom is 0.404 e. The summed E-state index contributed by atoms with van der Waals surface area (Å²) < 4.78 is 1.74. The number of nitrogens with two attached hydrogens (primary N) is 1. The van der Waals surface area contributed by atoms with Crippen molar-refractivity contribution in [1.82, 2.24) is 19.9 Å². The summed E-state index contributed by atoms with van der Waals surface area (Å²) in [5.41, 5.74) is 8.95.